The molecule has 0 aromatic rings. The summed E-state index contributed by atoms with van der Waals surface area (Å²) < 4.78 is 12.1. The molecule has 0 aromatic carbocycles. The molecular formula is C16H32O2. The Bertz CT molecular complexity index is 197. The van der Waals surface area contributed by atoms with Crippen LogP contribution in [-0.4, -0.2) is 24.4 Å². The second-order valence-electron chi connectivity index (χ2n) is 5.84. The molecule has 1 aliphatic carbocycles. The standard InChI is InChI=1S/C16H32O2/c1-5-7-8-14(4)18-16-11-9-15(10-12-16)17-13(3)6-2/h13-16H,5-12H2,1-4H3. The van der Waals surface area contributed by atoms with Gasteiger partial charge in [0.1, 0.15) is 0 Å². The van der Waals surface area contributed by atoms with E-state index in [1.165, 1.54) is 44.9 Å². The van der Waals surface area contributed by atoms with Crippen LogP contribution in [0.1, 0.15) is 79.1 Å². The van der Waals surface area contributed by atoms with Crippen molar-refractivity contribution in [3.63, 3.8) is 0 Å². The van der Waals surface area contributed by atoms with Crippen LogP contribution in [0.3, 0.4) is 0 Å². The Kier molecular flexibility index (Phi) is 7.92. The number of ether oxygens (including phenoxy) is 2. The van der Waals surface area contributed by atoms with Crippen LogP contribution in [0.15, 0.2) is 0 Å². The molecule has 0 amide bonds. The van der Waals surface area contributed by atoms with Crippen LogP contribution in [-0.2, 0) is 9.47 Å². The van der Waals surface area contributed by atoms with E-state index in [9.17, 15) is 0 Å². The quantitative estimate of drug-likeness (QED) is 0.626. The second kappa shape index (κ2) is 8.92. The van der Waals surface area contributed by atoms with Gasteiger partial charge in [-0.2, -0.15) is 0 Å². The monoisotopic (exact) mass is 256 g/mol. The van der Waals surface area contributed by atoms with E-state index < -0.39 is 0 Å². The lowest BCUT2D eigenvalue weighted by Gasteiger charge is -2.32. The molecule has 0 radical (unpaired) electrons. The second-order valence-corrected chi connectivity index (χ2v) is 5.84. The summed E-state index contributed by atoms with van der Waals surface area (Å²) in [6.07, 6.45) is 11.4. The number of hydrogen-bond acceptors (Lipinski definition) is 2. The Hall–Kier alpha value is -0.0800. The number of hydrogen-bond donors (Lipinski definition) is 0. The fourth-order valence-electron chi connectivity index (χ4n) is 2.62. The molecule has 0 saturated heterocycles. The van der Waals surface area contributed by atoms with Crippen LogP contribution in [0, 0.1) is 0 Å². The fraction of sp³-hybridized carbons (Fsp3) is 1.00. The fourth-order valence-corrected chi connectivity index (χ4v) is 2.62. The molecule has 0 spiro atoms. The summed E-state index contributed by atoms with van der Waals surface area (Å²) in [5.74, 6) is 0. The summed E-state index contributed by atoms with van der Waals surface area (Å²) in [6, 6.07) is 0. The van der Waals surface area contributed by atoms with Crippen molar-refractivity contribution in [3.05, 3.63) is 0 Å². The van der Waals surface area contributed by atoms with Crippen LogP contribution < -0.4 is 0 Å². The summed E-state index contributed by atoms with van der Waals surface area (Å²) in [7, 11) is 0. The predicted octanol–water partition coefficient (Wildman–Crippen LogP) is 4.71. The molecule has 2 atom stereocenters. The van der Waals surface area contributed by atoms with E-state index in [1.54, 1.807) is 0 Å². The lowest BCUT2D eigenvalue weighted by Crippen LogP contribution is -2.30. The molecule has 1 rings (SSSR count). The van der Waals surface area contributed by atoms with E-state index in [1.807, 2.05) is 0 Å². The van der Waals surface area contributed by atoms with E-state index in [4.69, 9.17) is 9.47 Å². The Labute approximate surface area is 113 Å². The molecular weight excluding hydrogens is 224 g/mol. The van der Waals surface area contributed by atoms with Gasteiger partial charge >= 0.3 is 0 Å². The van der Waals surface area contributed by atoms with E-state index in [0.717, 1.165) is 6.42 Å². The molecule has 1 aliphatic rings. The van der Waals surface area contributed by atoms with Crippen molar-refractivity contribution < 1.29 is 9.47 Å². The SMILES string of the molecule is CCCCC(C)OC1CCC(OC(C)CC)CC1. The maximum absolute atomic E-state index is 6.12. The van der Waals surface area contributed by atoms with Crippen LogP contribution in [0.4, 0.5) is 0 Å². The summed E-state index contributed by atoms with van der Waals surface area (Å²) in [6.45, 7) is 8.83. The molecule has 2 unspecified atom stereocenters. The first-order chi connectivity index (χ1) is 8.65. The lowest BCUT2D eigenvalue weighted by atomic mass is 9.94. The van der Waals surface area contributed by atoms with Gasteiger partial charge in [-0.1, -0.05) is 26.7 Å². The van der Waals surface area contributed by atoms with Gasteiger partial charge in [0.15, 0.2) is 0 Å². The molecule has 2 nitrogen and oxygen atoms in total. The molecule has 1 saturated carbocycles. The van der Waals surface area contributed by atoms with Crippen molar-refractivity contribution in [2.24, 2.45) is 0 Å². The minimum Gasteiger partial charge on any atom is -0.375 e. The van der Waals surface area contributed by atoms with Gasteiger partial charge in [0, 0.05) is 0 Å². The van der Waals surface area contributed by atoms with Crippen LogP contribution >= 0.6 is 0 Å². The molecule has 1 fully saturated rings. The first-order valence-corrected chi connectivity index (χ1v) is 7.96. The molecule has 0 bridgehead atoms. The summed E-state index contributed by atoms with van der Waals surface area (Å²) in [4.78, 5) is 0. The normalized spacial score (nSPS) is 28.0. The summed E-state index contributed by atoms with van der Waals surface area (Å²) in [5, 5.41) is 0. The molecule has 108 valence electrons. The summed E-state index contributed by atoms with van der Waals surface area (Å²) >= 11 is 0. The highest BCUT2D eigenvalue weighted by molar-refractivity contribution is 4.74. The van der Waals surface area contributed by atoms with Gasteiger partial charge in [0.05, 0.1) is 24.4 Å². The van der Waals surface area contributed by atoms with Crippen LogP contribution in [0.2, 0.25) is 0 Å². The first-order valence-electron chi connectivity index (χ1n) is 7.96. The smallest absolute Gasteiger partial charge is 0.0580 e. The molecule has 0 aromatic heterocycles. The number of unbranched alkanes of at least 4 members (excludes halogenated alkanes) is 1. The van der Waals surface area contributed by atoms with Crippen molar-refractivity contribution in [2.45, 2.75) is 103 Å². The Morgan fingerprint density at radius 3 is 1.83 bits per heavy atom. The Morgan fingerprint density at radius 1 is 0.889 bits per heavy atom. The zero-order valence-electron chi connectivity index (χ0n) is 12.8. The third kappa shape index (κ3) is 6.19. The Morgan fingerprint density at radius 2 is 1.39 bits per heavy atom. The summed E-state index contributed by atoms with van der Waals surface area (Å²) in [5.41, 5.74) is 0. The minimum atomic E-state index is 0.413. The zero-order valence-corrected chi connectivity index (χ0v) is 12.8. The molecule has 0 aliphatic heterocycles. The average Bonchev–Trinajstić information content (AvgIpc) is 2.38. The molecule has 2 heteroatoms. The van der Waals surface area contributed by atoms with Gasteiger partial charge < -0.3 is 9.47 Å². The van der Waals surface area contributed by atoms with Gasteiger partial charge in [0.2, 0.25) is 0 Å². The highest BCUT2D eigenvalue weighted by Crippen LogP contribution is 2.26. The van der Waals surface area contributed by atoms with Gasteiger partial charge in [-0.3, -0.25) is 0 Å². The largest absolute Gasteiger partial charge is 0.375 e. The van der Waals surface area contributed by atoms with Crippen molar-refractivity contribution in [3.8, 4) is 0 Å². The Balaban J connectivity index is 2.14. The van der Waals surface area contributed by atoms with Gasteiger partial charge in [0.25, 0.3) is 0 Å². The lowest BCUT2D eigenvalue weighted by molar-refractivity contribution is -0.0750. The molecule has 0 N–H and O–H groups in total. The van der Waals surface area contributed by atoms with E-state index in [0.29, 0.717) is 24.4 Å². The topological polar surface area (TPSA) is 18.5 Å². The third-order valence-corrected chi connectivity index (χ3v) is 4.01. The first kappa shape index (κ1) is 16.0. The van der Waals surface area contributed by atoms with Gasteiger partial charge in [-0.15, -0.1) is 0 Å². The molecule has 18 heavy (non-hydrogen) atoms. The number of rotatable bonds is 8. The third-order valence-electron chi connectivity index (χ3n) is 4.01. The van der Waals surface area contributed by atoms with Crippen molar-refractivity contribution in [2.75, 3.05) is 0 Å². The maximum atomic E-state index is 6.12. The average molecular weight is 256 g/mol. The highest BCUT2D eigenvalue weighted by atomic mass is 16.5. The maximum Gasteiger partial charge on any atom is 0.0580 e. The van der Waals surface area contributed by atoms with Crippen molar-refractivity contribution >= 4 is 0 Å². The van der Waals surface area contributed by atoms with Crippen LogP contribution in [0.5, 0.6) is 0 Å². The van der Waals surface area contributed by atoms with E-state index in [2.05, 4.69) is 27.7 Å². The van der Waals surface area contributed by atoms with Gasteiger partial charge in [-0.25, -0.2) is 0 Å². The minimum absolute atomic E-state index is 0.413. The highest BCUT2D eigenvalue weighted by Gasteiger charge is 2.24. The van der Waals surface area contributed by atoms with E-state index in [-0.39, 0.29) is 0 Å². The molecule has 0 heterocycles. The van der Waals surface area contributed by atoms with Crippen LogP contribution in [0.25, 0.3) is 0 Å². The van der Waals surface area contributed by atoms with Gasteiger partial charge in [-0.05, 0) is 52.4 Å². The van der Waals surface area contributed by atoms with Crippen molar-refractivity contribution in [1.29, 1.82) is 0 Å². The zero-order chi connectivity index (χ0) is 13.4. The van der Waals surface area contributed by atoms with Crippen molar-refractivity contribution in [1.82, 2.24) is 0 Å². The predicted molar refractivity (Wildman–Crippen MR) is 77.0 cm³/mol. The van der Waals surface area contributed by atoms with E-state index >= 15 is 0 Å².